The molecule has 0 bridgehead atoms. The third-order valence-corrected chi connectivity index (χ3v) is 4.80. The van der Waals surface area contributed by atoms with Crippen LogP contribution in [0.3, 0.4) is 0 Å². The van der Waals surface area contributed by atoms with Gasteiger partial charge < -0.3 is 14.7 Å². The summed E-state index contributed by atoms with van der Waals surface area (Å²) in [4.78, 5) is 15.8. The van der Waals surface area contributed by atoms with Crippen molar-refractivity contribution in [1.29, 1.82) is 0 Å². The van der Waals surface area contributed by atoms with Crippen LogP contribution in [0.4, 0.5) is 0 Å². The lowest BCUT2D eigenvalue weighted by atomic mass is 10.1. The summed E-state index contributed by atoms with van der Waals surface area (Å²) in [5.74, 6) is 0.0592. The number of aromatic carboxylic acids is 1. The molecule has 138 valence electrons. The maximum Gasteiger partial charge on any atom is 0.335 e. The van der Waals surface area contributed by atoms with Gasteiger partial charge in [-0.1, -0.05) is 30.3 Å². The molecule has 1 fully saturated rings. The fourth-order valence-electron chi connectivity index (χ4n) is 3.15. The second-order valence-corrected chi connectivity index (χ2v) is 6.60. The van der Waals surface area contributed by atoms with Crippen LogP contribution in [0.25, 0.3) is 0 Å². The first-order valence-electron chi connectivity index (χ1n) is 9.15. The van der Waals surface area contributed by atoms with E-state index in [2.05, 4.69) is 9.80 Å². The number of ether oxygens (including phenoxy) is 1. The van der Waals surface area contributed by atoms with Gasteiger partial charge in [-0.2, -0.15) is 0 Å². The van der Waals surface area contributed by atoms with Crippen molar-refractivity contribution in [1.82, 2.24) is 9.80 Å². The van der Waals surface area contributed by atoms with Crippen molar-refractivity contribution >= 4 is 5.97 Å². The summed E-state index contributed by atoms with van der Waals surface area (Å²) in [6.07, 6.45) is 0.955. The molecule has 26 heavy (non-hydrogen) atoms. The fraction of sp³-hybridized carbons (Fsp3) is 0.381. The number of hydrogen-bond acceptors (Lipinski definition) is 4. The van der Waals surface area contributed by atoms with E-state index in [1.807, 2.05) is 42.5 Å². The fourth-order valence-corrected chi connectivity index (χ4v) is 3.15. The molecule has 1 N–H and O–H groups in total. The van der Waals surface area contributed by atoms with Crippen LogP contribution in [0.1, 0.15) is 15.9 Å². The quantitative estimate of drug-likeness (QED) is 0.790. The molecular formula is C21H26N2O3. The average molecular weight is 354 g/mol. The molecule has 0 aliphatic carbocycles. The molecule has 0 aromatic heterocycles. The first-order chi connectivity index (χ1) is 12.7. The summed E-state index contributed by atoms with van der Waals surface area (Å²) in [7, 11) is 0. The van der Waals surface area contributed by atoms with E-state index in [0.29, 0.717) is 5.56 Å². The van der Waals surface area contributed by atoms with E-state index >= 15 is 0 Å². The van der Waals surface area contributed by atoms with Crippen LogP contribution in [-0.4, -0.2) is 66.8 Å². The number of para-hydroxylation sites is 1. The molecule has 3 rings (SSSR count). The Kier molecular flexibility index (Phi) is 6.63. The van der Waals surface area contributed by atoms with Crippen molar-refractivity contribution in [2.24, 2.45) is 0 Å². The highest BCUT2D eigenvalue weighted by molar-refractivity contribution is 5.87. The van der Waals surface area contributed by atoms with Crippen LogP contribution >= 0.6 is 0 Å². The SMILES string of the molecule is O=C(O)c1ccc(CCN2CCN(CCOc3ccccc3)CC2)cc1. The number of carboxylic acid groups (broad SMARTS) is 1. The van der Waals surface area contributed by atoms with Gasteiger partial charge in [-0.05, 0) is 36.2 Å². The third kappa shape index (κ3) is 5.58. The molecule has 0 amide bonds. The molecule has 0 unspecified atom stereocenters. The van der Waals surface area contributed by atoms with Crippen LogP contribution in [-0.2, 0) is 6.42 Å². The Morgan fingerprint density at radius 2 is 1.50 bits per heavy atom. The number of hydrogen-bond donors (Lipinski definition) is 1. The average Bonchev–Trinajstić information content (AvgIpc) is 2.68. The summed E-state index contributed by atoms with van der Waals surface area (Å²) in [6, 6.07) is 17.1. The zero-order chi connectivity index (χ0) is 18.2. The first-order valence-corrected chi connectivity index (χ1v) is 9.15. The normalized spacial score (nSPS) is 15.7. The monoisotopic (exact) mass is 354 g/mol. The van der Waals surface area contributed by atoms with Gasteiger partial charge in [-0.3, -0.25) is 4.90 Å². The smallest absolute Gasteiger partial charge is 0.335 e. The highest BCUT2D eigenvalue weighted by Crippen LogP contribution is 2.10. The highest BCUT2D eigenvalue weighted by atomic mass is 16.5. The zero-order valence-corrected chi connectivity index (χ0v) is 15.0. The summed E-state index contributed by atoms with van der Waals surface area (Å²) in [5.41, 5.74) is 1.54. The minimum Gasteiger partial charge on any atom is -0.492 e. The van der Waals surface area contributed by atoms with Crippen molar-refractivity contribution < 1.29 is 14.6 Å². The van der Waals surface area contributed by atoms with Crippen LogP contribution in [0.5, 0.6) is 5.75 Å². The van der Waals surface area contributed by atoms with E-state index in [-0.39, 0.29) is 0 Å². The van der Waals surface area contributed by atoms with E-state index in [4.69, 9.17) is 9.84 Å². The largest absolute Gasteiger partial charge is 0.492 e. The molecule has 0 spiro atoms. The van der Waals surface area contributed by atoms with Gasteiger partial charge in [-0.15, -0.1) is 0 Å². The van der Waals surface area contributed by atoms with E-state index in [1.54, 1.807) is 12.1 Å². The van der Waals surface area contributed by atoms with Gasteiger partial charge in [0.15, 0.2) is 0 Å². The molecule has 1 aliphatic heterocycles. The van der Waals surface area contributed by atoms with Gasteiger partial charge in [0.25, 0.3) is 0 Å². The van der Waals surface area contributed by atoms with Crippen LogP contribution in [0.2, 0.25) is 0 Å². The molecule has 5 nitrogen and oxygen atoms in total. The van der Waals surface area contributed by atoms with Crippen LogP contribution in [0.15, 0.2) is 54.6 Å². The molecule has 2 aromatic rings. The summed E-state index contributed by atoms with van der Waals surface area (Å²) >= 11 is 0. The number of rotatable bonds is 8. The maximum absolute atomic E-state index is 10.9. The van der Waals surface area contributed by atoms with Crippen molar-refractivity contribution in [3.63, 3.8) is 0 Å². The Hall–Kier alpha value is -2.37. The molecular weight excluding hydrogens is 328 g/mol. The molecule has 0 atom stereocenters. The number of nitrogens with zero attached hydrogens (tertiary/aromatic N) is 2. The van der Waals surface area contributed by atoms with Gasteiger partial charge in [0.05, 0.1) is 5.56 Å². The third-order valence-electron chi connectivity index (χ3n) is 4.80. The Balaban J connectivity index is 1.32. The maximum atomic E-state index is 10.9. The number of carboxylic acids is 1. The van der Waals surface area contributed by atoms with Crippen LogP contribution < -0.4 is 4.74 Å². The molecule has 1 saturated heterocycles. The number of carbonyl (C=O) groups is 1. The minimum atomic E-state index is -0.871. The molecule has 1 heterocycles. The van der Waals surface area contributed by atoms with Gasteiger partial charge in [-0.25, -0.2) is 4.79 Å². The Bertz CT molecular complexity index is 680. The van der Waals surface area contributed by atoms with Gasteiger partial charge in [0.2, 0.25) is 0 Å². The van der Waals surface area contributed by atoms with E-state index in [1.165, 1.54) is 5.56 Å². The number of benzene rings is 2. The topological polar surface area (TPSA) is 53.0 Å². The second kappa shape index (κ2) is 9.36. The second-order valence-electron chi connectivity index (χ2n) is 6.60. The summed E-state index contributed by atoms with van der Waals surface area (Å²) in [5, 5.41) is 8.94. The van der Waals surface area contributed by atoms with E-state index in [9.17, 15) is 4.79 Å². The van der Waals surface area contributed by atoms with Crippen molar-refractivity contribution in [3.8, 4) is 5.75 Å². The van der Waals surface area contributed by atoms with Crippen molar-refractivity contribution in [2.45, 2.75) is 6.42 Å². The van der Waals surface area contributed by atoms with E-state index in [0.717, 1.165) is 58.0 Å². The predicted octanol–water partition coefficient (Wildman–Crippen LogP) is 2.62. The molecule has 1 aliphatic rings. The minimum absolute atomic E-state index is 0.347. The summed E-state index contributed by atoms with van der Waals surface area (Å²) in [6.45, 7) is 6.96. The molecule has 0 radical (unpaired) electrons. The van der Waals surface area contributed by atoms with Gasteiger partial charge in [0.1, 0.15) is 12.4 Å². The van der Waals surface area contributed by atoms with Crippen LogP contribution in [0, 0.1) is 0 Å². The zero-order valence-electron chi connectivity index (χ0n) is 15.0. The van der Waals surface area contributed by atoms with E-state index < -0.39 is 5.97 Å². The molecule has 2 aromatic carbocycles. The molecule has 0 saturated carbocycles. The molecule has 5 heteroatoms. The Morgan fingerprint density at radius 3 is 2.12 bits per heavy atom. The summed E-state index contributed by atoms with van der Waals surface area (Å²) < 4.78 is 5.77. The Morgan fingerprint density at radius 1 is 0.885 bits per heavy atom. The van der Waals surface area contributed by atoms with Gasteiger partial charge in [0, 0.05) is 39.3 Å². The highest BCUT2D eigenvalue weighted by Gasteiger charge is 2.16. The number of piperazine rings is 1. The van der Waals surface area contributed by atoms with Gasteiger partial charge >= 0.3 is 5.97 Å². The Labute approximate surface area is 154 Å². The van der Waals surface area contributed by atoms with Crippen molar-refractivity contribution in [2.75, 3.05) is 45.9 Å². The lowest BCUT2D eigenvalue weighted by molar-refractivity contribution is 0.0697. The standard InChI is InChI=1S/C21H26N2O3/c24-21(25)19-8-6-18(7-9-19)10-11-22-12-14-23(15-13-22)16-17-26-20-4-2-1-3-5-20/h1-9H,10-17H2,(H,24,25). The first kappa shape index (κ1) is 18.4. The predicted molar refractivity (Wildman–Crippen MR) is 102 cm³/mol. The lowest BCUT2D eigenvalue weighted by Gasteiger charge is -2.34. The van der Waals surface area contributed by atoms with Crippen molar-refractivity contribution in [3.05, 3.63) is 65.7 Å². The lowest BCUT2D eigenvalue weighted by Crippen LogP contribution is -2.47.